The minimum atomic E-state index is -1.16. The van der Waals surface area contributed by atoms with E-state index in [2.05, 4.69) is 5.32 Å². The van der Waals surface area contributed by atoms with E-state index in [0.29, 0.717) is 13.2 Å². The van der Waals surface area contributed by atoms with Crippen molar-refractivity contribution in [2.45, 2.75) is 18.8 Å². The molecule has 0 saturated heterocycles. The molecule has 0 saturated carbocycles. The summed E-state index contributed by atoms with van der Waals surface area (Å²) >= 11 is 0. The number of aliphatic hydroxyl groups is 1. The molecule has 0 fully saturated rings. The number of hydrogen-bond donors (Lipinski definition) is 3. The Kier molecular flexibility index (Phi) is 3.73. The zero-order chi connectivity index (χ0) is 12.3. The highest BCUT2D eigenvalue weighted by atomic mass is 16.5. The van der Waals surface area contributed by atoms with Gasteiger partial charge in [0.1, 0.15) is 6.10 Å². The number of amides is 1. The predicted octanol–water partition coefficient (Wildman–Crippen LogP) is -0.306. The van der Waals surface area contributed by atoms with Crippen molar-refractivity contribution < 1.29 is 14.6 Å². The first kappa shape index (κ1) is 12.0. The van der Waals surface area contributed by atoms with Crippen LogP contribution in [0, 0.1) is 0 Å². The lowest BCUT2D eigenvalue weighted by Gasteiger charge is -2.27. The fourth-order valence-corrected chi connectivity index (χ4v) is 1.91. The normalized spacial score (nSPS) is 20.6. The molecule has 17 heavy (non-hydrogen) atoms. The number of hydrogen-bond acceptors (Lipinski definition) is 4. The standard InChI is InChI=1S/C12H16N2O3/c13-12(16)11(15)5-14-10-7-17-6-8-3-1-2-4-9(8)10/h1-4,10-11,14-15H,5-7H2,(H2,13,16). The monoisotopic (exact) mass is 236 g/mol. The van der Waals surface area contributed by atoms with Crippen molar-refractivity contribution in [3.05, 3.63) is 35.4 Å². The van der Waals surface area contributed by atoms with Crippen molar-refractivity contribution in [3.8, 4) is 0 Å². The van der Waals surface area contributed by atoms with E-state index >= 15 is 0 Å². The molecule has 1 amide bonds. The largest absolute Gasteiger partial charge is 0.382 e. The summed E-state index contributed by atoms with van der Waals surface area (Å²) in [5, 5.41) is 12.4. The Hall–Kier alpha value is -1.43. The van der Waals surface area contributed by atoms with Crippen LogP contribution < -0.4 is 11.1 Å². The van der Waals surface area contributed by atoms with Crippen molar-refractivity contribution in [2.75, 3.05) is 13.2 Å². The van der Waals surface area contributed by atoms with Crippen molar-refractivity contribution >= 4 is 5.91 Å². The van der Waals surface area contributed by atoms with E-state index in [1.54, 1.807) is 0 Å². The molecule has 1 aromatic carbocycles. The molecule has 1 aliphatic rings. The van der Waals surface area contributed by atoms with Crippen LogP contribution in [0.5, 0.6) is 0 Å². The minimum absolute atomic E-state index is 0.00560. The van der Waals surface area contributed by atoms with Crippen LogP contribution in [-0.4, -0.2) is 30.3 Å². The van der Waals surface area contributed by atoms with Gasteiger partial charge < -0.3 is 20.9 Å². The first-order valence-electron chi connectivity index (χ1n) is 5.55. The topological polar surface area (TPSA) is 84.6 Å². The number of carbonyl (C=O) groups is 1. The number of ether oxygens (including phenoxy) is 1. The molecule has 0 bridgehead atoms. The molecular weight excluding hydrogens is 220 g/mol. The molecule has 2 unspecified atom stereocenters. The summed E-state index contributed by atoms with van der Waals surface area (Å²) in [4.78, 5) is 10.7. The van der Waals surface area contributed by atoms with E-state index in [4.69, 9.17) is 10.5 Å². The van der Waals surface area contributed by atoms with E-state index in [1.807, 2.05) is 24.3 Å². The molecular formula is C12H16N2O3. The van der Waals surface area contributed by atoms with Crippen molar-refractivity contribution in [1.29, 1.82) is 0 Å². The molecule has 2 rings (SSSR count). The molecule has 5 heteroatoms. The molecule has 1 heterocycles. The number of primary amides is 1. The maximum atomic E-state index is 10.7. The summed E-state index contributed by atoms with van der Waals surface area (Å²) in [6.07, 6.45) is -1.16. The van der Waals surface area contributed by atoms with Gasteiger partial charge in [-0.3, -0.25) is 4.79 Å². The van der Waals surface area contributed by atoms with Gasteiger partial charge in [-0.05, 0) is 11.1 Å². The van der Waals surface area contributed by atoms with Crippen LogP contribution in [-0.2, 0) is 16.1 Å². The molecule has 4 N–H and O–H groups in total. The third kappa shape index (κ3) is 2.82. The van der Waals surface area contributed by atoms with Gasteiger partial charge in [0.15, 0.2) is 0 Å². The second-order valence-corrected chi connectivity index (χ2v) is 4.09. The Morgan fingerprint density at radius 1 is 1.59 bits per heavy atom. The summed E-state index contributed by atoms with van der Waals surface area (Å²) in [5.41, 5.74) is 7.26. The second-order valence-electron chi connectivity index (χ2n) is 4.09. The van der Waals surface area contributed by atoms with Gasteiger partial charge in [-0.15, -0.1) is 0 Å². The summed E-state index contributed by atoms with van der Waals surface area (Å²) in [5.74, 6) is -0.720. The third-order valence-electron chi connectivity index (χ3n) is 2.86. The first-order chi connectivity index (χ1) is 8.18. The Balaban J connectivity index is 2.01. The van der Waals surface area contributed by atoms with Gasteiger partial charge in [0.25, 0.3) is 0 Å². The molecule has 92 valence electrons. The van der Waals surface area contributed by atoms with Crippen molar-refractivity contribution in [2.24, 2.45) is 5.73 Å². The Labute approximate surface area is 99.6 Å². The van der Waals surface area contributed by atoms with Crippen LogP contribution in [0.15, 0.2) is 24.3 Å². The summed E-state index contributed by atoms with van der Waals surface area (Å²) in [6, 6.07) is 7.94. The molecule has 0 aliphatic carbocycles. The fraction of sp³-hybridized carbons (Fsp3) is 0.417. The lowest BCUT2D eigenvalue weighted by Crippen LogP contribution is -2.41. The molecule has 5 nitrogen and oxygen atoms in total. The van der Waals surface area contributed by atoms with Gasteiger partial charge in [-0.2, -0.15) is 0 Å². The van der Waals surface area contributed by atoms with Crippen LogP contribution in [0.4, 0.5) is 0 Å². The van der Waals surface area contributed by atoms with E-state index in [0.717, 1.165) is 11.1 Å². The summed E-state index contributed by atoms with van der Waals surface area (Å²) < 4.78 is 5.44. The lowest BCUT2D eigenvalue weighted by atomic mass is 9.99. The smallest absolute Gasteiger partial charge is 0.247 e. The highest BCUT2D eigenvalue weighted by molar-refractivity contribution is 5.78. The SMILES string of the molecule is NC(=O)C(O)CNC1COCc2ccccc21. The van der Waals surface area contributed by atoms with Crippen molar-refractivity contribution in [1.82, 2.24) is 5.32 Å². The first-order valence-corrected chi connectivity index (χ1v) is 5.55. The van der Waals surface area contributed by atoms with Gasteiger partial charge in [0.2, 0.25) is 5.91 Å². The third-order valence-corrected chi connectivity index (χ3v) is 2.86. The quantitative estimate of drug-likeness (QED) is 0.669. The number of rotatable bonds is 4. The van der Waals surface area contributed by atoms with E-state index < -0.39 is 12.0 Å². The average Bonchev–Trinajstić information content (AvgIpc) is 2.35. The van der Waals surface area contributed by atoms with Crippen molar-refractivity contribution in [3.63, 3.8) is 0 Å². The van der Waals surface area contributed by atoms with Crippen LogP contribution in [0.1, 0.15) is 17.2 Å². The van der Waals surface area contributed by atoms with Crippen LogP contribution >= 0.6 is 0 Å². The lowest BCUT2D eigenvalue weighted by molar-refractivity contribution is -0.125. The number of fused-ring (bicyclic) bond motifs is 1. The summed E-state index contributed by atoms with van der Waals surface area (Å²) in [6.45, 7) is 1.27. The van der Waals surface area contributed by atoms with Gasteiger partial charge in [0, 0.05) is 6.54 Å². The number of nitrogens with one attached hydrogen (secondary N) is 1. The number of nitrogens with two attached hydrogens (primary N) is 1. The van der Waals surface area contributed by atoms with Crippen LogP contribution in [0.2, 0.25) is 0 Å². The maximum absolute atomic E-state index is 10.7. The highest BCUT2D eigenvalue weighted by Crippen LogP contribution is 2.24. The molecule has 2 atom stereocenters. The number of aliphatic hydroxyl groups excluding tert-OH is 1. The minimum Gasteiger partial charge on any atom is -0.382 e. The van der Waals surface area contributed by atoms with Gasteiger partial charge in [0.05, 0.1) is 19.3 Å². The van der Waals surface area contributed by atoms with E-state index in [9.17, 15) is 9.90 Å². The highest BCUT2D eigenvalue weighted by Gasteiger charge is 2.21. The maximum Gasteiger partial charge on any atom is 0.247 e. The van der Waals surface area contributed by atoms with E-state index in [1.165, 1.54) is 0 Å². The Morgan fingerprint density at radius 3 is 3.12 bits per heavy atom. The van der Waals surface area contributed by atoms with E-state index in [-0.39, 0.29) is 12.6 Å². The Morgan fingerprint density at radius 2 is 2.35 bits per heavy atom. The molecule has 0 aromatic heterocycles. The van der Waals surface area contributed by atoms with Gasteiger partial charge in [-0.25, -0.2) is 0 Å². The van der Waals surface area contributed by atoms with Crippen LogP contribution in [0.3, 0.4) is 0 Å². The molecule has 1 aromatic rings. The Bertz CT molecular complexity index is 408. The second kappa shape index (κ2) is 5.27. The average molecular weight is 236 g/mol. The predicted molar refractivity (Wildman–Crippen MR) is 62.0 cm³/mol. The summed E-state index contributed by atoms with van der Waals surface area (Å²) in [7, 11) is 0. The van der Waals surface area contributed by atoms with Crippen LogP contribution in [0.25, 0.3) is 0 Å². The van der Waals surface area contributed by atoms with Gasteiger partial charge >= 0.3 is 0 Å². The fourth-order valence-electron chi connectivity index (χ4n) is 1.91. The van der Waals surface area contributed by atoms with Gasteiger partial charge in [-0.1, -0.05) is 24.3 Å². The zero-order valence-corrected chi connectivity index (χ0v) is 9.43. The zero-order valence-electron chi connectivity index (χ0n) is 9.43. The molecule has 1 aliphatic heterocycles. The number of carbonyl (C=O) groups excluding carboxylic acids is 1. The molecule has 0 radical (unpaired) electrons. The number of benzene rings is 1. The molecule has 0 spiro atoms.